The van der Waals surface area contributed by atoms with E-state index >= 15 is 0 Å². The summed E-state index contributed by atoms with van der Waals surface area (Å²) in [5.41, 5.74) is 11.7. The fourth-order valence-electron chi connectivity index (χ4n) is 9.83. The van der Waals surface area contributed by atoms with E-state index in [1.54, 1.807) is 17.7 Å². The molecule has 4 fully saturated rings. The van der Waals surface area contributed by atoms with Crippen molar-refractivity contribution in [3.05, 3.63) is 138 Å². The largest absolute Gasteiger partial charge is 0.310 e. The Bertz CT molecular complexity index is 1760. The van der Waals surface area contributed by atoms with Crippen LogP contribution < -0.4 is 4.90 Å². The molecule has 4 saturated carbocycles. The summed E-state index contributed by atoms with van der Waals surface area (Å²) in [6.45, 7) is 0. The van der Waals surface area contributed by atoms with Gasteiger partial charge in [-0.2, -0.15) is 0 Å². The van der Waals surface area contributed by atoms with Gasteiger partial charge in [0.05, 0.1) is 5.69 Å². The number of hydrogen-bond donors (Lipinski definition) is 0. The highest BCUT2D eigenvalue weighted by molar-refractivity contribution is 5.91. The molecule has 2 heteroatoms. The van der Waals surface area contributed by atoms with Crippen LogP contribution in [0.2, 0.25) is 0 Å². The van der Waals surface area contributed by atoms with E-state index in [9.17, 15) is 4.39 Å². The maximum Gasteiger partial charge on any atom is 0.123 e. The predicted octanol–water partition coefficient (Wildman–Crippen LogP) is 10.7. The molecule has 0 radical (unpaired) electrons. The number of nitrogens with zero attached hydrogens (tertiary/aromatic N) is 1. The molecule has 4 bridgehead atoms. The Morgan fingerprint density at radius 1 is 0.524 bits per heavy atom. The lowest BCUT2D eigenvalue weighted by molar-refractivity contribution is -0.0397. The van der Waals surface area contributed by atoms with E-state index in [0.29, 0.717) is 11.8 Å². The van der Waals surface area contributed by atoms with E-state index in [1.165, 1.54) is 65.6 Å². The molecule has 5 aromatic rings. The van der Waals surface area contributed by atoms with Crippen molar-refractivity contribution in [3.63, 3.8) is 0 Å². The van der Waals surface area contributed by atoms with Gasteiger partial charge in [-0.25, -0.2) is 4.39 Å². The van der Waals surface area contributed by atoms with Crippen LogP contribution >= 0.6 is 0 Å². The van der Waals surface area contributed by atoms with Crippen molar-refractivity contribution in [1.82, 2.24) is 0 Å². The molecule has 0 unspecified atom stereocenters. The lowest BCUT2D eigenvalue weighted by Crippen LogP contribution is -2.55. The Morgan fingerprint density at radius 2 is 1.10 bits per heavy atom. The van der Waals surface area contributed by atoms with Gasteiger partial charge in [-0.15, -0.1) is 0 Å². The summed E-state index contributed by atoms with van der Waals surface area (Å²) in [6, 6.07) is 42.7. The molecule has 1 nitrogen and oxygen atoms in total. The van der Waals surface area contributed by atoms with Crippen LogP contribution in [0.15, 0.2) is 121 Å². The number of rotatable bonds is 4. The predicted molar refractivity (Wildman–Crippen MR) is 170 cm³/mol. The number of halogens is 1. The van der Waals surface area contributed by atoms with Crippen LogP contribution in [-0.4, -0.2) is 0 Å². The number of fused-ring (bicyclic) bond motifs is 3. The van der Waals surface area contributed by atoms with E-state index in [0.717, 1.165) is 23.2 Å². The molecular weight excluding hydrogens is 513 g/mol. The van der Waals surface area contributed by atoms with E-state index in [1.807, 2.05) is 12.1 Å². The average molecular weight is 548 g/mol. The second-order valence-electron chi connectivity index (χ2n) is 13.1. The van der Waals surface area contributed by atoms with Gasteiger partial charge in [0.15, 0.2) is 0 Å². The highest BCUT2D eigenvalue weighted by atomic mass is 19.1. The van der Waals surface area contributed by atoms with E-state index in [-0.39, 0.29) is 11.2 Å². The van der Waals surface area contributed by atoms with Gasteiger partial charge in [-0.05, 0) is 132 Å². The lowest BCUT2D eigenvalue weighted by atomic mass is 9.43. The average Bonchev–Trinajstić information content (AvgIpc) is 3.33. The van der Waals surface area contributed by atoms with Crippen LogP contribution in [-0.2, 0) is 5.41 Å². The molecule has 0 aliphatic heterocycles. The molecule has 5 aliphatic carbocycles. The van der Waals surface area contributed by atoms with E-state index < -0.39 is 0 Å². The first-order chi connectivity index (χ1) is 20.7. The summed E-state index contributed by atoms with van der Waals surface area (Å²) in [4.78, 5) is 2.39. The fourth-order valence-corrected chi connectivity index (χ4v) is 9.83. The van der Waals surface area contributed by atoms with Gasteiger partial charge in [0.2, 0.25) is 0 Å². The first kappa shape index (κ1) is 24.4. The zero-order valence-electron chi connectivity index (χ0n) is 23.7. The Labute approximate surface area is 247 Å². The zero-order chi connectivity index (χ0) is 27.8. The minimum absolute atomic E-state index is 0.0399. The number of anilines is 3. The zero-order valence-corrected chi connectivity index (χ0v) is 23.7. The minimum Gasteiger partial charge on any atom is -0.310 e. The summed E-state index contributed by atoms with van der Waals surface area (Å²) >= 11 is 0. The molecule has 0 N–H and O–H groups in total. The summed E-state index contributed by atoms with van der Waals surface area (Å²) in [5.74, 6) is 2.92. The number of benzene rings is 5. The minimum atomic E-state index is -0.207. The summed E-state index contributed by atoms with van der Waals surface area (Å²) in [7, 11) is 0. The van der Waals surface area contributed by atoms with Gasteiger partial charge in [0, 0.05) is 16.8 Å². The topological polar surface area (TPSA) is 3.24 Å². The van der Waals surface area contributed by atoms with Gasteiger partial charge in [-0.3, -0.25) is 0 Å². The third-order valence-electron chi connectivity index (χ3n) is 11.1. The van der Waals surface area contributed by atoms with Gasteiger partial charge < -0.3 is 4.90 Å². The van der Waals surface area contributed by atoms with Crippen molar-refractivity contribution in [3.8, 4) is 22.3 Å². The van der Waals surface area contributed by atoms with Crippen molar-refractivity contribution < 1.29 is 4.39 Å². The maximum atomic E-state index is 14.3. The molecule has 0 saturated heterocycles. The number of hydrogen-bond acceptors (Lipinski definition) is 1. The van der Waals surface area contributed by atoms with Crippen molar-refractivity contribution in [1.29, 1.82) is 0 Å². The lowest BCUT2D eigenvalue weighted by Gasteiger charge is -2.61. The normalized spacial score (nSPS) is 26.3. The first-order valence-corrected chi connectivity index (χ1v) is 15.6. The standard InChI is InChI=1S/C40H34FN/c41-32-15-19-34(20-16-32)42(33-17-13-29(14-18-33)28-7-2-1-3-8-28)38-12-6-10-36-35-9-4-5-11-37(35)40(39(36)38)30-22-26-21-27(24-30)25-31(40)23-26/h1-20,26-27,30-31H,21-25H2. The van der Waals surface area contributed by atoms with Gasteiger partial charge in [0.25, 0.3) is 0 Å². The molecule has 1 spiro atoms. The van der Waals surface area contributed by atoms with Crippen LogP contribution in [0.4, 0.5) is 21.5 Å². The maximum absolute atomic E-state index is 14.3. The molecule has 0 amide bonds. The Balaban J connectivity index is 1.28. The Kier molecular flexibility index (Phi) is 5.33. The third-order valence-corrected chi connectivity index (χ3v) is 11.1. The molecule has 42 heavy (non-hydrogen) atoms. The second-order valence-corrected chi connectivity index (χ2v) is 13.1. The molecule has 0 atom stereocenters. The first-order valence-electron chi connectivity index (χ1n) is 15.6. The Hall–Kier alpha value is -4.17. The van der Waals surface area contributed by atoms with Crippen LogP contribution in [0.5, 0.6) is 0 Å². The third kappa shape index (κ3) is 3.41. The van der Waals surface area contributed by atoms with Gasteiger partial charge in [0.1, 0.15) is 5.82 Å². The smallest absolute Gasteiger partial charge is 0.123 e. The SMILES string of the molecule is Fc1ccc(N(c2ccc(-c3ccccc3)cc2)c2cccc3c2C2(c4ccccc4-3)C3CC4CC(C3)CC2C4)cc1. The second kappa shape index (κ2) is 9.16. The summed E-state index contributed by atoms with van der Waals surface area (Å²) in [5, 5.41) is 0. The van der Waals surface area contributed by atoms with Crippen molar-refractivity contribution in [2.24, 2.45) is 23.7 Å². The van der Waals surface area contributed by atoms with Crippen LogP contribution in [0.1, 0.15) is 43.2 Å². The molecule has 10 rings (SSSR count). The highest BCUT2D eigenvalue weighted by Crippen LogP contribution is 2.70. The van der Waals surface area contributed by atoms with Crippen molar-refractivity contribution >= 4 is 17.1 Å². The fraction of sp³-hybridized carbons (Fsp3) is 0.250. The Morgan fingerprint density at radius 3 is 1.79 bits per heavy atom. The van der Waals surface area contributed by atoms with Crippen LogP contribution in [0, 0.1) is 29.5 Å². The molecule has 0 aromatic heterocycles. The van der Waals surface area contributed by atoms with Crippen LogP contribution in [0.25, 0.3) is 22.3 Å². The van der Waals surface area contributed by atoms with Crippen molar-refractivity contribution in [2.45, 2.75) is 37.5 Å². The van der Waals surface area contributed by atoms with E-state index in [2.05, 4.69) is 102 Å². The molecule has 206 valence electrons. The highest BCUT2D eigenvalue weighted by Gasteiger charge is 2.62. The molecular formula is C40H34FN. The molecule has 5 aromatic carbocycles. The summed E-state index contributed by atoms with van der Waals surface area (Å²) < 4.78 is 14.3. The van der Waals surface area contributed by atoms with E-state index in [4.69, 9.17) is 0 Å². The molecule has 0 heterocycles. The van der Waals surface area contributed by atoms with Crippen LogP contribution in [0.3, 0.4) is 0 Å². The van der Waals surface area contributed by atoms with Crippen molar-refractivity contribution in [2.75, 3.05) is 4.90 Å². The van der Waals surface area contributed by atoms with Gasteiger partial charge in [-0.1, -0.05) is 78.9 Å². The summed E-state index contributed by atoms with van der Waals surface area (Å²) in [6.07, 6.45) is 6.82. The quantitative estimate of drug-likeness (QED) is 0.216. The monoisotopic (exact) mass is 547 g/mol. The van der Waals surface area contributed by atoms with Gasteiger partial charge >= 0.3 is 0 Å². The molecule has 5 aliphatic rings.